The van der Waals surface area contributed by atoms with Gasteiger partial charge in [0.2, 0.25) is 0 Å². The summed E-state index contributed by atoms with van der Waals surface area (Å²) in [7, 11) is 0. The van der Waals surface area contributed by atoms with Crippen molar-refractivity contribution in [1.29, 1.82) is 0 Å². The Hall–Kier alpha value is -2.84. The van der Waals surface area contributed by atoms with E-state index in [1.807, 2.05) is 0 Å². The number of aliphatic hydroxyl groups is 4. The van der Waals surface area contributed by atoms with Crippen molar-refractivity contribution in [2.75, 3.05) is 26.3 Å². The summed E-state index contributed by atoms with van der Waals surface area (Å²) in [5.74, 6) is 0.229. The maximum absolute atomic E-state index is 10.1. The van der Waals surface area contributed by atoms with E-state index in [2.05, 4.69) is 21.3 Å². The average molecular weight is 376 g/mol. The number of allylic oxidation sites excluding steroid dienone is 4. The van der Waals surface area contributed by atoms with Gasteiger partial charge in [-0.15, -0.1) is 0 Å². The van der Waals surface area contributed by atoms with Gasteiger partial charge in [0.25, 0.3) is 0 Å². The normalized spacial score (nSPS) is 20.3. The molecule has 0 saturated heterocycles. The van der Waals surface area contributed by atoms with Crippen molar-refractivity contribution >= 4 is 0 Å². The Morgan fingerprint density at radius 1 is 0.815 bits per heavy atom. The van der Waals surface area contributed by atoms with E-state index in [9.17, 15) is 20.4 Å². The van der Waals surface area contributed by atoms with Gasteiger partial charge in [0.05, 0.1) is 24.6 Å². The van der Waals surface area contributed by atoms with Crippen LogP contribution in [0, 0.1) is 0 Å². The maximum Gasteiger partial charge on any atom is 0.143 e. The third kappa shape index (κ3) is 5.08. The number of aliphatic hydroxyl groups excluding tert-OH is 4. The molecule has 0 aromatic rings. The van der Waals surface area contributed by atoms with Gasteiger partial charge in [0, 0.05) is 60.2 Å². The standard InChI is InChI=1S/C19H28N4O4/c1-12-18(26)16(14(10-24)6-22-12)8-20-4-3-5-21-9-17-15(11-25)7-23-13(2)19(17)27/h6-9,20-27H,3-5,10-11H2,1-2H3/b16-8-,17-9-. The van der Waals surface area contributed by atoms with Gasteiger partial charge >= 0.3 is 0 Å². The molecule has 0 unspecified atom stereocenters. The molecule has 2 aliphatic rings. The highest BCUT2D eigenvalue weighted by molar-refractivity contribution is 5.48. The minimum absolute atomic E-state index is 0.115. The van der Waals surface area contributed by atoms with Gasteiger partial charge in [0.15, 0.2) is 0 Å². The first kappa shape index (κ1) is 20.5. The van der Waals surface area contributed by atoms with Crippen molar-refractivity contribution in [3.63, 3.8) is 0 Å². The third-order valence-corrected chi connectivity index (χ3v) is 4.31. The summed E-state index contributed by atoms with van der Waals surface area (Å²) in [6, 6.07) is 0. The van der Waals surface area contributed by atoms with Crippen LogP contribution < -0.4 is 21.3 Å². The predicted octanol–water partition coefficient (Wildman–Crippen LogP) is 0.861. The summed E-state index contributed by atoms with van der Waals surface area (Å²) < 4.78 is 0. The predicted molar refractivity (Wildman–Crippen MR) is 104 cm³/mol. The van der Waals surface area contributed by atoms with Crippen molar-refractivity contribution < 1.29 is 20.4 Å². The van der Waals surface area contributed by atoms with Gasteiger partial charge in [-0.3, -0.25) is 0 Å². The maximum atomic E-state index is 10.1. The minimum atomic E-state index is -0.168. The highest BCUT2D eigenvalue weighted by Gasteiger charge is 2.17. The van der Waals surface area contributed by atoms with Gasteiger partial charge in [0.1, 0.15) is 11.5 Å². The zero-order valence-corrected chi connectivity index (χ0v) is 15.6. The number of hydrogen-bond acceptors (Lipinski definition) is 8. The zero-order chi connectivity index (χ0) is 19.8. The van der Waals surface area contributed by atoms with Crippen LogP contribution in [0.15, 0.2) is 70.0 Å². The quantitative estimate of drug-likeness (QED) is 0.293. The highest BCUT2D eigenvalue weighted by Crippen LogP contribution is 2.23. The summed E-state index contributed by atoms with van der Waals surface area (Å²) >= 11 is 0. The lowest BCUT2D eigenvalue weighted by Gasteiger charge is -2.19. The van der Waals surface area contributed by atoms with E-state index in [4.69, 9.17) is 0 Å². The molecule has 0 aromatic heterocycles. The molecule has 0 aromatic carbocycles. The molecule has 2 aliphatic heterocycles. The molecule has 0 radical (unpaired) electrons. The first-order chi connectivity index (χ1) is 13.0. The molecule has 0 spiro atoms. The Balaban J connectivity index is 1.82. The Labute approximate surface area is 159 Å². The Morgan fingerprint density at radius 2 is 1.22 bits per heavy atom. The number of nitrogens with one attached hydrogen (secondary N) is 4. The first-order valence-corrected chi connectivity index (χ1v) is 8.80. The molecule has 2 heterocycles. The Bertz CT molecular complexity index is 683. The molecule has 27 heavy (non-hydrogen) atoms. The van der Waals surface area contributed by atoms with E-state index in [0.717, 1.165) is 6.42 Å². The molecule has 2 rings (SSSR count). The lowest BCUT2D eigenvalue weighted by molar-refractivity contribution is 0.327. The number of hydrogen-bond donors (Lipinski definition) is 8. The van der Waals surface area contributed by atoms with E-state index in [0.29, 0.717) is 46.8 Å². The fourth-order valence-corrected chi connectivity index (χ4v) is 2.62. The van der Waals surface area contributed by atoms with Gasteiger partial charge in [-0.2, -0.15) is 0 Å². The molecule has 0 saturated carbocycles. The van der Waals surface area contributed by atoms with Crippen LogP contribution in [0.25, 0.3) is 0 Å². The summed E-state index contributed by atoms with van der Waals surface area (Å²) in [6.45, 7) is 4.49. The van der Waals surface area contributed by atoms with Crippen LogP contribution in [0.1, 0.15) is 20.3 Å². The molecule has 8 N–H and O–H groups in total. The van der Waals surface area contributed by atoms with E-state index in [1.54, 1.807) is 38.6 Å². The molecule has 0 bridgehead atoms. The van der Waals surface area contributed by atoms with E-state index < -0.39 is 0 Å². The topological polar surface area (TPSA) is 129 Å². The molecular formula is C19H28N4O4. The molecule has 0 atom stereocenters. The molecule has 0 fully saturated rings. The fraction of sp³-hybridized carbons (Fsp3) is 0.368. The van der Waals surface area contributed by atoms with Crippen LogP contribution in [-0.4, -0.2) is 46.7 Å². The second-order valence-electron chi connectivity index (χ2n) is 6.27. The van der Waals surface area contributed by atoms with Crippen molar-refractivity contribution in [2.45, 2.75) is 20.3 Å². The van der Waals surface area contributed by atoms with Crippen molar-refractivity contribution in [3.05, 3.63) is 70.0 Å². The van der Waals surface area contributed by atoms with Crippen LogP contribution in [0.5, 0.6) is 0 Å². The fourth-order valence-electron chi connectivity index (χ4n) is 2.62. The minimum Gasteiger partial charge on any atom is -0.505 e. The van der Waals surface area contributed by atoms with Crippen LogP contribution in [0.3, 0.4) is 0 Å². The lowest BCUT2D eigenvalue weighted by atomic mass is 10.0. The smallest absolute Gasteiger partial charge is 0.143 e. The largest absolute Gasteiger partial charge is 0.505 e. The Kier molecular flexibility index (Phi) is 7.39. The summed E-state index contributed by atoms with van der Waals surface area (Å²) in [5, 5.41) is 51.0. The van der Waals surface area contributed by atoms with Gasteiger partial charge in [-0.1, -0.05) is 0 Å². The van der Waals surface area contributed by atoms with E-state index >= 15 is 0 Å². The highest BCUT2D eigenvalue weighted by atomic mass is 16.3. The number of rotatable bonds is 8. The van der Waals surface area contributed by atoms with Crippen LogP contribution in [0.2, 0.25) is 0 Å². The van der Waals surface area contributed by atoms with Crippen molar-refractivity contribution in [1.82, 2.24) is 21.3 Å². The molecular weight excluding hydrogens is 348 g/mol. The summed E-state index contributed by atoms with van der Waals surface area (Å²) in [6.07, 6.45) is 7.51. The third-order valence-electron chi connectivity index (χ3n) is 4.31. The molecule has 148 valence electrons. The molecule has 8 nitrogen and oxygen atoms in total. The van der Waals surface area contributed by atoms with E-state index in [-0.39, 0.29) is 24.7 Å². The summed E-state index contributed by atoms with van der Waals surface area (Å²) in [4.78, 5) is 0. The monoisotopic (exact) mass is 376 g/mol. The second-order valence-corrected chi connectivity index (χ2v) is 6.27. The van der Waals surface area contributed by atoms with Crippen molar-refractivity contribution in [2.24, 2.45) is 0 Å². The SMILES string of the molecule is CC1=C(O)/C(=C\NCCCN/C=C2/C(CO)=CNC(C)=C2O)C(CO)=CN1. The average Bonchev–Trinajstić information content (AvgIpc) is 2.67. The van der Waals surface area contributed by atoms with Crippen LogP contribution in [-0.2, 0) is 0 Å². The zero-order valence-electron chi connectivity index (χ0n) is 15.6. The molecule has 0 aliphatic carbocycles. The van der Waals surface area contributed by atoms with E-state index in [1.165, 1.54) is 0 Å². The Morgan fingerprint density at radius 3 is 1.59 bits per heavy atom. The van der Waals surface area contributed by atoms with Gasteiger partial charge in [-0.25, -0.2) is 0 Å². The van der Waals surface area contributed by atoms with Crippen molar-refractivity contribution in [3.8, 4) is 0 Å². The van der Waals surface area contributed by atoms with Crippen LogP contribution in [0.4, 0.5) is 0 Å². The molecule has 0 amide bonds. The second kappa shape index (κ2) is 9.75. The lowest BCUT2D eigenvalue weighted by Crippen LogP contribution is -2.21. The number of dihydropyridines is 2. The van der Waals surface area contributed by atoms with Gasteiger partial charge < -0.3 is 41.7 Å². The van der Waals surface area contributed by atoms with Gasteiger partial charge in [-0.05, 0) is 20.3 Å². The first-order valence-electron chi connectivity index (χ1n) is 8.80. The summed E-state index contributed by atoms with van der Waals surface area (Å²) in [5.41, 5.74) is 3.63. The van der Waals surface area contributed by atoms with Crippen LogP contribution >= 0.6 is 0 Å². The molecule has 8 heteroatoms.